The molecule has 5 nitrogen and oxygen atoms in total. The lowest BCUT2D eigenvalue weighted by molar-refractivity contribution is -0.112. The number of amides is 1. The lowest BCUT2D eigenvalue weighted by atomic mass is 10.1. The molecule has 0 radical (unpaired) electrons. The number of rotatable bonds is 5. The Bertz CT molecular complexity index is 756. The van der Waals surface area contributed by atoms with E-state index in [2.05, 4.69) is 5.32 Å². The Balaban J connectivity index is 2.08. The fourth-order valence-electron chi connectivity index (χ4n) is 1.77. The third-order valence-electron chi connectivity index (χ3n) is 2.87. The fraction of sp³-hybridized carbons (Fsp3) is 0.118. The maximum atomic E-state index is 12.1. The molecule has 6 heteroatoms. The molecule has 0 fully saturated rings. The van der Waals surface area contributed by atoms with Gasteiger partial charge in [0.2, 0.25) is 0 Å². The molecule has 1 aromatic heterocycles. The molecule has 0 atom stereocenters. The van der Waals surface area contributed by atoms with Gasteiger partial charge in [0.05, 0.1) is 12.2 Å². The van der Waals surface area contributed by atoms with Crippen LogP contribution >= 0.6 is 11.3 Å². The number of anilines is 1. The molecule has 116 valence electrons. The molecular formula is C17H14N2O3S. The van der Waals surface area contributed by atoms with E-state index in [0.29, 0.717) is 17.9 Å². The quantitative estimate of drug-likeness (QED) is 0.518. The first-order valence-electron chi connectivity index (χ1n) is 6.86. The molecule has 0 aliphatic carbocycles. The minimum absolute atomic E-state index is 0.0119. The number of hydrogen-bond acceptors (Lipinski definition) is 5. The molecule has 23 heavy (non-hydrogen) atoms. The third kappa shape index (κ3) is 4.53. The summed E-state index contributed by atoms with van der Waals surface area (Å²) in [7, 11) is 0. The summed E-state index contributed by atoms with van der Waals surface area (Å²) in [6.07, 6.45) is 1.53. The van der Waals surface area contributed by atoms with Crippen LogP contribution in [0, 0.1) is 11.3 Å². The number of nitriles is 1. The topological polar surface area (TPSA) is 79.2 Å². The average Bonchev–Trinajstić information content (AvgIpc) is 3.06. The van der Waals surface area contributed by atoms with Gasteiger partial charge in [-0.2, -0.15) is 16.6 Å². The number of carbonyl (C=O) groups excluding carboxylic acids is 2. The zero-order valence-corrected chi connectivity index (χ0v) is 13.2. The third-order valence-corrected chi connectivity index (χ3v) is 3.57. The number of hydrogen-bond donors (Lipinski definition) is 1. The molecule has 1 aromatic carbocycles. The summed E-state index contributed by atoms with van der Waals surface area (Å²) in [6.45, 7) is 2.03. The summed E-state index contributed by atoms with van der Waals surface area (Å²) < 4.78 is 4.89. The maximum absolute atomic E-state index is 12.1. The van der Waals surface area contributed by atoms with E-state index in [0.717, 1.165) is 5.56 Å². The van der Waals surface area contributed by atoms with Crippen LogP contribution in [-0.2, 0) is 9.53 Å². The van der Waals surface area contributed by atoms with E-state index < -0.39 is 11.9 Å². The van der Waals surface area contributed by atoms with Crippen LogP contribution in [0.15, 0.2) is 46.7 Å². The Kier molecular flexibility index (Phi) is 5.67. The second kappa shape index (κ2) is 7.92. The van der Waals surface area contributed by atoms with Gasteiger partial charge in [0, 0.05) is 5.69 Å². The van der Waals surface area contributed by atoms with Gasteiger partial charge in [0.15, 0.2) is 0 Å². The first-order chi connectivity index (χ1) is 11.1. The number of benzene rings is 1. The van der Waals surface area contributed by atoms with Crippen LogP contribution in [0.5, 0.6) is 0 Å². The maximum Gasteiger partial charge on any atom is 0.338 e. The molecular weight excluding hydrogens is 312 g/mol. The van der Waals surface area contributed by atoms with Crippen molar-refractivity contribution in [1.82, 2.24) is 0 Å². The molecule has 0 aliphatic rings. The van der Waals surface area contributed by atoms with E-state index in [1.807, 2.05) is 22.9 Å². The monoisotopic (exact) mass is 326 g/mol. The highest BCUT2D eigenvalue weighted by Crippen LogP contribution is 2.14. The fourth-order valence-corrected chi connectivity index (χ4v) is 2.39. The summed E-state index contributed by atoms with van der Waals surface area (Å²) in [5.74, 6) is -0.914. The van der Waals surface area contributed by atoms with Gasteiger partial charge in [0.1, 0.15) is 11.6 Å². The molecule has 0 spiro atoms. The molecule has 0 saturated carbocycles. The number of nitrogens with zero attached hydrogens (tertiary/aromatic N) is 1. The predicted octanol–water partition coefficient (Wildman–Crippen LogP) is 3.47. The van der Waals surface area contributed by atoms with Crippen molar-refractivity contribution in [1.29, 1.82) is 5.26 Å². The van der Waals surface area contributed by atoms with Gasteiger partial charge in [-0.05, 0) is 59.7 Å². The van der Waals surface area contributed by atoms with Crippen molar-refractivity contribution in [2.45, 2.75) is 6.92 Å². The Morgan fingerprint density at radius 2 is 2.04 bits per heavy atom. The number of nitrogens with one attached hydrogen (secondary N) is 1. The van der Waals surface area contributed by atoms with Crippen LogP contribution in [0.2, 0.25) is 0 Å². The first-order valence-corrected chi connectivity index (χ1v) is 7.81. The Hall–Kier alpha value is -2.91. The van der Waals surface area contributed by atoms with Crippen molar-refractivity contribution < 1.29 is 14.3 Å². The lowest BCUT2D eigenvalue weighted by Gasteiger charge is -2.06. The summed E-state index contributed by atoms with van der Waals surface area (Å²) in [6, 6.07) is 10.00. The van der Waals surface area contributed by atoms with Crippen molar-refractivity contribution in [2.75, 3.05) is 11.9 Å². The number of ether oxygens (including phenoxy) is 1. The molecule has 0 saturated heterocycles. The Morgan fingerprint density at radius 3 is 2.61 bits per heavy atom. The van der Waals surface area contributed by atoms with Crippen LogP contribution in [-0.4, -0.2) is 18.5 Å². The van der Waals surface area contributed by atoms with Crippen LogP contribution in [0.1, 0.15) is 22.8 Å². The van der Waals surface area contributed by atoms with Gasteiger partial charge < -0.3 is 10.1 Å². The van der Waals surface area contributed by atoms with Crippen molar-refractivity contribution in [3.05, 3.63) is 57.8 Å². The summed E-state index contributed by atoms with van der Waals surface area (Å²) in [4.78, 5) is 23.7. The first kappa shape index (κ1) is 16.5. The van der Waals surface area contributed by atoms with E-state index in [1.54, 1.807) is 31.2 Å². The second-order valence-electron chi connectivity index (χ2n) is 4.48. The van der Waals surface area contributed by atoms with Gasteiger partial charge in [-0.1, -0.05) is 0 Å². The smallest absolute Gasteiger partial charge is 0.338 e. The molecule has 0 bridgehead atoms. The molecule has 2 aromatic rings. The van der Waals surface area contributed by atoms with E-state index >= 15 is 0 Å². The SMILES string of the molecule is CCOC(=O)c1ccc(NC(=O)/C(C#N)=C/c2ccsc2)cc1. The molecule has 1 N–H and O–H groups in total. The van der Waals surface area contributed by atoms with Gasteiger partial charge >= 0.3 is 5.97 Å². The Labute approximate surface area is 137 Å². The number of carbonyl (C=O) groups is 2. The van der Waals surface area contributed by atoms with Gasteiger partial charge in [-0.15, -0.1) is 0 Å². The van der Waals surface area contributed by atoms with E-state index in [4.69, 9.17) is 10.00 Å². The molecule has 0 unspecified atom stereocenters. The van der Waals surface area contributed by atoms with Crippen molar-refractivity contribution >= 4 is 35.0 Å². The Morgan fingerprint density at radius 1 is 1.30 bits per heavy atom. The van der Waals surface area contributed by atoms with E-state index in [9.17, 15) is 9.59 Å². The highest BCUT2D eigenvalue weighted by Gasteiger charge is 2.11. The van der Waals surface area contributed by atoms with Crippen LogP contribution in [0.3, 0.4) is 0 Å². The normalized spacial score (nSPS) is 10.7. The predicted molar refractivity (Wildman–Crippen MR) is 88.9 cm³/mol. The number of thiophene rings is 1. The zero-order chi connectivity index (χ0) is 16.7. The van der Waals surface area contributed by atoms with Gasteiger partial charge in [-0.25, -0.2) is 4.79 Å². The number of esters is 1. The highest BCUT2D eigenvalue weighted by atomic mass is 32.1. The minimum Gasteiger partial charge on any atom is -0.462 e. The van der Waals surface area contributed by atoms with Gasteiger partial charge in [0.25, 0.3) is 5.91 Å². The average molecular weight is 326 g/mol. The van der Waals surface area contributed by atoms with Crippen LogP contribution in [0.4, 0.5) is 5.69 Å². The lowest BCUT2D eigenvalue weighted by Crippen LogP contribution is -2.13. The molecule has 0 aliphatic heterocycles. The van der Waals surface area contributed by atoms with Gasteiger partial charge in [-0.3, -0.25) is 4.79 Å². The summed E-state index contributed by atoms with van der Waals surface area (Å²) in [5, 5.41) is 15.5. The van der Waals surface area contributed by atoms with Crippen LogP contribution < -0.4 is 5.32 Å². The van der Waals surface area contributed by atoms with Crippen molar-refractivity contribution in [2.24, 2.45) is 0 Å². The molecule has 1 amide bonds. The standard InChI is InChI=1S/C17H14N2O3S/c1-2-22-17(21)13-3-5-15(6-4-13)19-16(20)14(10-18)9-12-7-8-23-11-12/h3-9,11H,2H2,1H3,(H,19,20)/b14-9+. The molecule has 1 heterocycles. The second-order valence-corrected chi connectivity index (χ2v) is 5.26. The zero-order valence-electron chi connectivity index (χ0n) is 12.4. The van der Waals surface area contributed by atoms with Crippen molar-refractivity contribution in [3.63, 3.8) is 0 Å². The molecule has 2 rings (SSSR count). The van der Waals surface area contributed by atoms with E-state index in [-0.39, 0.29) is 5.57 Å². The highest BCUT2D eigenvalue weighted by molar-refractivity contribution is 7.08. The van der Waals surface area contributed by atoms with Crippen molar-refractivity contribution in [3.8, 4) is 6.07 Å². The van der Waals surface area contributed by atoms with E-state index in [1.165, 1.54) is 17.4 Å². The summed E-state index contributed by atoms with van der Waals surface area (Å²) >= 11 is 1.49. The minimum atomic E-state index is -0.498. The largest absolute Gasteiger partial charge is 0.462 e. The van der Waals surface area contributed by atoms with Crippen LogP contribution in [0.25, 0.3) is 6.08 Å². The summed E-state index contributed by atoms with van der Waals surface area (Å²) in [5.41, 5.74) is 1.71.